The van der Waals surface area contributed by atoms with Gasteiger partial charge in [0, 0.05) is 22.7 Å². The Morgan fingerprint density at radius 2 is 1.81 bits per heavy atom. The maximum Gasteiger partial charge on any atom is 0.400 e. The molecule has 0 aliphatic rings. The molecule has 2 aromatic carbocycles. The molecule has 170 valence electrons. The van der Waals surface area contributed by atoms with E-state index in [1.165, 1.54) is 38.1 Å². The Morgan fingerprint density at radius 1 is 1.19 bits per heavy atom. The molecule has 0 bridgehead atoms. The lowest BCUT2D eigenvalue weighted by atomic mass is 10.1. The quantitative estimate of drug-likeness (QED) is 0.522. The van der Waals surface area contributed by atoms with E-state index in [9.17, 15) is 33.0 Å². The predicted molar refractivity (Wildman–Crippen MR) is 111 cm³/mol. The molecule has 3 rings (SSSR count). The van der Waals surface area contributed by atoms with Crippen molar-refractivity contribution < 1.29 is 37.7 Å². The highest BCUT2D eigenvalue weighted by molar-refractivity contribution is 6.05. The number of phenolic OH excluding ortho intramolecular Hbond substituents is 1. The number of nitrogens with zero attached hydrogens (tertiary/aromatic N) is 1. The molecule has 2 N–H and O–H groups in total. The Labute approximate surface area is 181 Å². The molecule has 9 heteroatoms. The molecule has 0 saturated heterocycles. The number of hydrogen-bond donors (Lipinski definition) is 2. The van der Waals surface area contributed by atoms with Crippen molar-refractivity contribution >= 4 is 22.8 Å². The fourth-order valence-electron chi connectivity index (χ4n) is 3.41. The van der Waals surface area contributed by atoms with E-state index in [1.54, 1.807) is 6.92 Å². The minimum absolute atomic E-state index is 0.0858. The van der Waals surface area contributed by atoms with E-state index < -0.39 is 41.9 Å². The average molecular weight is 449 g/mol. The summed E-state index contributed by atoms with van der Waals surface area (Å²) in [7, 11) is 0. The number of aliphatic carboxylic acids is 1. The highest BCUT2D eigenvalue weighted by atomic mass is 19.3. The first-order valence-electron chi connectivity index (χ1n) is 9.92. The first-order chi connectivity index (χ1) is 15.0. The molecule has 0 radical (unpaired) electrons. The van der Waals surface area contributed by atoms with Crippen molar-refractivity contribution in [1.29, 1.82) is 0 Å². The van der Waals surface area contributed by atoms with E-state index >= 15 is 0 Å². The number of alkyl halides is 2. The molecule has 1 atom stereocenters. The monoisotopic (exact) mass is 449 g/mol. The van der Waals surface area contributed by atoms with Gasteiger partial charge in [-0.05, 0) is 49.2 Å². The first-order valence-corrected chi connectivity index (χ1v) is 9.92. The van der Waals surface area contributed by atoms with Gasteiger partial charge in [-0.25, -0.2) is 4.39 Å². The number of halogens is 3. The summed E-state index contributed by atoms with van der Waals surface area (Å²) in [6, 6.07) is 7.08. The van der Waals surface area contributed by atoms with Crippen LogP contribution in [0.4, 0.5) is 13.2 Å². The van der Waals surface area contributed by atoms with Crippen molar-refractivity contribution in [1.82, 2.24) is 4.57 Å². The number of hydrogen-bond acceptors (Lipinski definition) is 4. The highest BCUT2D eigenvalue weighted by Gasteiger charge is 2.38. The lowest BCUT2D eigenvalue weighted by molar-refractivity contribution is -0.212. The van der Waals surface area contributed by atoms with Crippen molar-refractivity contribution in [3.05, 3.63) is 59.0 Å². The summed E-state index contributed by atoms with van der Waals surface area (Å²) in [5.74, 6) is -4.54. The summed E-state index contributed by atoms with van der Waals surface area (Å²) in [6.07, 6.45) is -3.60. The van der Waals surface area contributed by atoms with Crippen LogP contribution >= 0.6 is 0 Å². The third-order valence-electron chi connectivity index (χ3n) is 5.48. The van der Waals surface area contributed by atoms with Crippen LogP contribution in [0.25, 0.3) is 10.9 Å². The molecular weight excluding hydrogens is 427 g/mol. The van der Waals surface area contributed by atoms with Gasteiger partial charge in [0.05, 0.1) is 17.9 Å². The maximum absolute atomic E-state index is 14.0. The van der Waals surface area contributed by atoms with Gasteiger partial charge in [-0.2, -0.15) is 8.78 Å². The van der Waals surface area contributed by atoms with Crippen LogP contribution in [0.2, 0.25) is 0 Å². The lowest BCUT2D eigenvalue weighted by Gasteiger charge is -2.23. The number of rotatable bonds is 7. The van der Waals surface area contributed by atoms with E-state index in [4.69, 9.17) is 4.74 Å². The number of ether oxygens (including phenoxy) is 1. The molecule has 0 saturated carbocycles. The molecule has 0 fully saturated rings. The molecule has 1 heterocycles. The number of fused-ring (bicyclic) bond motifs is 1. The van der Waals surface area contributed by atoms with Crippen molar-refractivity contribution in [2.45, 2.75) is 39.7 Å². The molecule has 1 unspecified atom stereocenters. The number of carbonyl (C=O) groups is 2. The first kappa shape index (κ1) is 23.2. The van der Waals surface area contributed by atoms with Gasteiger partial charge in [0.1, 0.15) is 5.75 Å². The van der Waals surface area contributed by atoms with Crippen LogP contribution in [-0.4, -0.2) is 32.8 Å². The normalized spacial score (nSPS) is 12.7. The van der Waals surface area contributed by atoms with Crippen molar-refractivity contribution in [3.63, 3.8) is 0 Å². The summed E-state index contributed by atoms with van der Waals surface area (Å²) in [5.41, 5.74) is 0.701. The summed E-state index contributed by atoms with van der Waals surface area (Å²) in [5, 5.41) is 19.2. The molecule has 1 aromatic heterocycles. The van der Waals surface area contributed by atoms with Crippen LogP contribution in [0.5, 0.6) is 11.5 Å². The Morgan fingerprint density at radius 3 is 2.38 bits per heavy atom. The molecule has 6 nitrogen and oxygen atoms in total. The number of phenols is 1. The Hall–Kier alpha value is -3.49. The van der Waals surface area contributed by atoms with E-state index in [0.29, 0.717) is 0 Å². The minimum atomic E-state index is -3.38. The second kappa shape index (κ2) is 8.57. The van der Waals surface area contributed by atoms with E-state index in [0.717, 1.165) is 16.7 Å². The molecule has 32 heavy (non-hydrogen) atoms. The summed E-state index contributed by atoms with van der Waals surface area (Å²) >= 11 is 0. The minimum Gasteiger partial charge on any atom is -0.505 e. The Balaban J connectivity index is 2.02. The predicted octanol–water partition coefficient (Wildman–Crippen LogP) is 5.13. The molecule has 0 spiro atoms. The van der Waals surface area contributed by atoms with Gasteiger partial charge in [-0.1, -0.05) is 13.8 Å². The summed E-state index contributed by atoms with van der Waals surface area (Å²) in [4.78, 5) is 24.4. The number of carbonyl (C=O) groups excluding carboxylic acids is 1. The standard InChI is InChI=1S/C23H22F3NO5/c1-4-12(2)23(25,26)32-15-7-5-14(6-8-15)22(31)27-13(3)16(10-21(29)30)17-9-20(28)18(24)11-19(17)27/h5-9,11-12,28H,4,10H2,1-3H3,(H,29,30). The third-order valence-corrected chi connectivity index (χ3v) is 5.48. The zero-order valence-electron chi connectivity index (χ0n) is 17.7. The fraction of sp³-hybridized carbons (Fsp3) is 0.304. The smallest absolute Gasteiger partial charge is 0.400 e. The van der Waals surface area contributed by atoms with Gasteiger partial charge in [-0.15, -0.1) is 0 Å². The van der Waals surface area contributed by atoms with Gasteiger partial charge >= 0.3 is 12.1 Å². The molecule has 0 aliphatic carbocycles. The zero-order chi connectivity index (χ0) is 23.8. The van der Waals surface area contributed by atoms with E-state index in [1.807, 2.05) is 0 Å². The Kier molecular flexibility index (Phi) is 6.20. The lowest BCUT2D eigenvalue weighted by Crippen LogP contribution is -2.32. The SMILES string of the molecule is CCC(C)C(F)(F)Oc1ccc(C(=O)n2c(C)c(CC(=O)O)c3cc(O)c(F)cc32)cc1. The van der Waals surface area contributed by atoms with Crippen LogP contribution in [-0.2, 0) is 11.2 Å². The van der Waals surface area contributed by atoms with Crippen LogP contribution in [0, 0.1) is 18.7 Å². The Bertz CT molecular complexity index is 1180. The van der Waals surface area contributed by atoms with Gasteiger partial charge in [-0.3, -0.25) is 14.2 Å². The number of carboxylic acids is 1. The van der Waals surface area contributed by atoms with E-state index in [2.05, 4.69) is 0 Å². The number of aromatic hydroxyl groups is 1. The van der Waals surface area contributed by atoms with Gasteiger partial charge in [0.15, 0.2) is 11.6 Å². The number of benzene rings is 2. The molecule has 3 aromatic rings. The van der Waals surface area contributed by atoms with Crippen LogP contribution in [0.1, 0.15) is 41.9 Å². The summed E-state index contributed by atoms with van der Waals surface area (Å²) in [6.45, 7) is 4.49. The molecule has 0 amide bonds. The van der Waals surface area contributed by atoms with Gasteiger partial charge < -0.3 is 14.9 Å². The molecule has 0 aliphatic heterocycles. The van der Waals surface area contributed by atoms with Crippen molar-refractivity contribution in [2.75, 3.05) is 0 Å². The van der Waals surface area contributed by atoms with Crippen LogP contribution < -0.4 is 4.74 Å². The second-order valence-electron chi connectivity index (χ2n) is 7.59. The highest BCUT2D eigenvalue weighted by Crippen LogP contribution is 2.33. The zero-order valence-corrected chi connectivity index (χ0v) is 17.7. The molecular formula is C23H22F3NO5. The third kappa shape index (κ3) is 4.28. The fourth-order valence-corrected chi connectivity index (χ4v) is 3.41. The topological polar surface area (TPSA) is 88.8 Å². The number of carboxylic acid groups (broad SMARTS) is 1. The maximum atomic E-state index is 14.0. The summed E-state index contributed by atoms with van der Waals surface area (Å²) < 4.78 is 48.0. The van der Waals surface area contributed by atoms with Crippen LogP contribution in [0.15, 0.2) is 36.4 Å². The average Bonchev–Trinajstić information content (AvgIpc) is 2.97. The second-order valence-corrected chi connectivity index (χ2v) is 7.59. The van der Waals surface area contributed by atoms with Crippen molar-refractivity contribution in [2.24, 2.45) is 5.92 Å². The van der Waals surface area contributed by atoms with Gasteiger partial charge in [0.25, 0.3) is 5.91 Å². The van der Waals surface area contributed by atoms with E-state index in [-0.39, 0.29) is 39.9 Å². The van der Waals surface area contributed by atoms with Crippen molar-refractivity contribution in [3.8, 4) is 11.5 Å². The largest absolute Gasteiger partial charge is 0.505 e. The van der Waals surface area contributed by atoms with Gasteiger partial charge in [0.2, 0.25) is 0 Å². The number of aromatic nitrogens is 1. The van der Waals surface area contributed by atoms with Crippen LogP contribution in [0.3, 0.4) is 0 Å².